The predicted octanol–water partition coefficient (Wildman–Crippen LogP) is 3.01. The molecule has 2 N–H and O–H groups in total. The van der Waals surface area contributed by atoms with Crippen molar-refractivity contribution in [3.05, 3.63) is 11.6 Å². The van der Waals surface area contributed by atoms with E-state index >= 15 is 0 Å². The van der Waals surface area contributed by atoms with E-state index in [1.165, 1.54) is 10.9 Å². The molecular formula is C20H27Cl2N5O7. The third-order valence-electron chi connectivity index (χ3n) is 4.49. The van der Waals surface area contributed by atoms with Gasteiger partial charge < -0.3 is 24.4 Å². The number of carbonyl (C=O) groups excluding carboxylic acids is 2. The van der Waals surface area contributed by atoms with Crippen molar-refractivity contribution in [3.8, 4) is 0 Å². The first-order chi connectivity index (χ1) is 15.6. The van der Waals surface area contributed by atoms with Gasteiger partial charge in [0.1, 0.15) is 28.8 Å². The van der Waals surface area contributed by atoms with Gasteiger partial charge in [0.15, 0.2) is 23.2 Å². The SMILES string of the molecule is CC(C)(C)OC(=O)N(C(=O)OC(C)(C)C)c1nc(Cl)nc2c1ncn2[C@@H]1O[C@H](CO)[C@@H](O)[C@@H]1Cl. The maximum Gasteiger partial charge on any atom is 0.425 e. The molecule has 1 fully saturated rings. The van der Waals surface area contributed by atoms with Gasteiger partial charge in [0.05, 0.1) is 12.9 Å². The van der Waals surface area contributed by atoms with Gasteiger partial charge in [0.25, 0.3) is 0 Å². The van der Waals surface area contributed by atoms with Crippen LogP contribution in [0.5, 0.6) is 0 Å². The summed E-state index contributed by atoms with van der Waals surface area (Å²) in [7, 11) is 0. The van der Waals surface area contributed by atoms with Crippen LogP contribution in [0, 0.1) is 0 Å². The second-order valence-electron chi connectivity index (χ2n) is 9.62. The summed E-state index contributed by atoms with van der Waals surface area (Å²) in [6.07, 6.45) is -3.90. The molecule has 0 unspecified atom stereocenters. The molecule has 1 saturated heterocycles. The highest BCUT2D eigenvalue weighted by Gasteiger charge is 2.44. The Bertz CT molecular complexity index is 1050. The Morgan fingerprint density at radius 2 is 1.71 bits per heavy atom. The summed E-state index contributed by atoms with van der Waals surface area (Å²) in [6.45, 7) is 9.35. The van der Waals surface area contributed by atoms with Crippen molar-refractivity contribution in [2.75, 3.05) is 11.5 Å². The van der Waals surface area contributed by atoms with Gasteiger partial charge in [0.2, 0.25) is 5.28 Å². The number of rotatable bonds is 3. The quantitative estimate of drug-likeness (QED) is 0.457. The van der Waals surface area contributed by atoms with Crippen LogP contribution in [-0.2, 0) is 14.2 Å². The number of imide groups is 1. The molecular weight excluding hydrogens is 493 g/mol. The number of nitrogens with zero attached hydrogens (tertiary/aromatic N) is 5. The normalized spacial score (nSPS) is 23.2. The van der Waals surface area contributed by atoms with Crippen LogP contribution < -0.4 is 4.90 Å². The largest absolute Gasteiger partial charge is 0.443 e. The van der Waals surface area contributed by atoms with Crippen LogP contribution in [0.1, 0.15) is 47.8 Å². The van der Waals surface area contributed by atoms with E-state index in [1.54, 1.807) is 41.5 Å². The van der Waals surface area contributed by atoms with Crippen LogP contribution >= 0.6 is 23.2 Å². The average Bonchev–Trinajstić information content (AvgIpc) is 3.20. The summed E-state index contributed by atoms with van der Waals surface area (Å²) in [4.78, 5) is 39.1. The number of aliphatic hydroxyl groups excluding tert-OH is 2. The van der Waals surface area contributed by atoms with Crippen molar-refractivity contribution in [1.29, 1.82) is 0 Å². The highest BCUT2D eigenvalue weighted by atomic mass is 35.5. The number of halogens is 2. The number of amides is 2. The molecule has 34 heavy (non-hydrogen) atoms. The van der Waals surface area contributed by atoms with E-state index in [2.05, 4.69) is 15.0 Å². The highest BCUT2D eigenvalue weighted by molar-refractivity contribution is 6.29. The summed E-state index contributed by atoms with van der Waals surface area (Å²) in [5, 5.41) is 18.4. The molecule has 2 aromatic rings. The maximum absolute atomic E-state index is 13.0. The minimum absolute atomic E-state index is 0.00415. The van der Waals surface area contributed by atoms with E-state index in [0.717, 1.165) is 0 Å². The summed E-state index contributed by atoms with van der Waals surface area (Å²) >= 11 is 12.5. The molecule has 0 aromatic carbocycles. The average molecular weight is 520 g/mol. The van der Waals surface area contributed by atoms with E-state index in [0.29, 0.717) is 4.90 Å². The summed E-state index contributed by atoms with van der Waals surface area (Å²) in [5.41, 5.74) is -1.82. The van der Waals surface area contributed by atoms with E-state index < -0.39 is 53.8 Å². The smallest absolute Gasteiger partial charge is 0.425 e. The molecule has 3 rings (SSSR count). The Hall–Kier alpha value is -2.25. The molecule has 0 aliphatic carbocycles. The topological polar surface area (TPSA) is 149 Å². The van der Waals surface area contributed by atoms with Gasteiger partial charge in [-0.05, 0) is 53.1 Å². The second-order valence-corrected chi connectivity index (χ2v) is 10.5. The fourth-order valence-electron chi connectivity index (χ4n) is 3.16. The Kier molecular flexibility index (Phi) is 7.30. The van der Waals surface area contributed by atoms with Gasteiger partial charge in [-0.15, -0.1) is 11.6 Å². The number of alkyl halides is 1. The number of ether oxygens (including phenoxy) is 3. The molecule has 3 heterocycles. The lowest BCUT2D eigenvalue weighted by molar-refractivity contribution is -0.0431. The molecule has 0 radical (unpaired) electrons. The molecule has 12 nitrogen and oxygen atoms in total. The fraction of sp³-hybridized carbons (Fsp3) is 0.650. The van der Waals surface area contributed by atoms with Crippen molar-refractivity contribution < 1.29 is 34.0 Å². The Morgan fingerprint density at radius 1 is 1.15 bits per heavy atom. The molecule has 2 amide bonds. The van der Waals surface area contributed by atoms with Crippen LogP contribution in [0.2, 0.25) is 5.28 Å². The van der Waals surface area contributed by atoms with E-state index in [4.69, 9.17) is 37.4 Å². The first kappa shape index (κ1) is 26.4. The molecule has 0 saturated carbocycles. The van der Waals surface area contributed by atoms with Gasteiger partial charge in [-0.3, -0.25) is 4.57 Å². The van der Waals surface area contributed by atoms with Crippen LogP contribution in [-0.4, -0.2) is 77.3 Å². The molecule has 1 aliphatic heterocycles. The molecule has 188 valence electrons. The number of aliphatic hydroxyl groups is 2. The third kappa shape index (κ3) is 5.52. The number of fused-ring (bicyclic) bond motifs is 1. The van der Waals surface area contributed by atoms with Crippen molar-refractivity contribution in [2.45, 2.75) is 76.6 Å². The number of hydrogen-bond donors (Lipinski definition) is 2. The van der Waals surface area contributed by atoms with Crippen molar-refractivity contribution in [2.24, 2.45) is 0 Å². The lowest BCUT2D eigenvalue weighted by atomic mass is 10.2. The van der Waals surface area contributed by atoms with Crippen LogP contribution in [0.4, 0.5) is 15.4 Å². The Balaban J connectivity index is 2.13. The lowest BCUT2D eigenvalue weighted by Gasteiger charge is -2.28. The zero-order valence-corrected chi connectivity index (χ0v) is 21.0. The summed E-state index contributed by atoms with van der Waals surface area (Å²) in [6, 6.07) is 0. The highest BCUT2D eigenvalue weighted by Crippen LogP contribution is 2.36. The maximum atomic E-state index is 13.0. The third-order valence-corrected chi connectivity index (χ3v) is 5.13. The zero-order valence-electron chi connectivity index (χ0n) is 19.5. The Morgan fingerprint density at radius 3 is 2.18 bits per heavy atom. The number of hydrogen-bond acceptors (Lipinski definition) is 10. The molecule has 4 atom stereocenters. The first-order valence-electron chi connectivity index (χ1n) is 10.4. The number of anilines is 1. The predicted molar refractivity (Wildman–Crippen MR) is 122 cm³/mol. The minimum Gasteiger partial charge on any atom is -0.443 e. The van der Waals surface area contributed by atoms with E-state index in [9.17, 15) is 19.8 Å². The fourth-order valence-corrected chi connectivity index (χ4v) is 3.66. The lowest BCUT2D eigenvalue weighted by Crippen LogP contribution is -2.44. The number of imidazole rings is 1. The number of carbonyl (C=O) groups is 2. The standard InChI is InChI=1S/C20H27Cl2N5O7/c1-19(2,3)33-17(30)27(18(31)34-20(4,5)6)14-11-13(24-16(22)25-14)26(8-23-11)15-10(21)12(29)9(7-28)32-15/h8-10,12,15,28-29H,7H2,1-6H3/t9-,10+,12-,15-/m1/s1. The summed E-state index contributed by atoms with van der Waals surface area (Å²) < 4.78 is 17.8. The molecule has 1 aliphatic rings. The van der Waals surface area contributed by atoms with Crippen molar-refractivity contribution >= 4 is 52.4 Å². The zero-order chi connectivity index (χ0) is 25.6. The van der Waals surface area contributed by atoms with Crippen LogP contribution in [0.25, 0.3) is 11.2 Å². The van der Waals surface area contributed by atoms with E-state index in [1.807, 2.05) is 0 Å². The molecule has 14 heteroatoms. The first-order valence-corrected chi connectivity index (χ1v) is 11.2. The van der Waals surface area contributed by atoms with Crippen LogP contribution in [0.15, 0.2) is 6.33 Å². The van der Waals surface area contributed by atoms with Gasteiger partial charge in [0, 0.05) is 0 Å². The Labute approximate surface area is 205 Å². The minimum atomic E-state index is -1.16. The van der Waals surface area contributed by atoms with Crippen LogP contribution in [0.3, 0.4) is 0 Å². The van der Waals surface area contributed by atoms with Gasteiger partial charge in [-0.1, -0.05) is 0 Å². The summed E-state index contributed by atoms with van der Waals surface area (Å²) in [5.74, 6) is -0.277. The van der Waals surface area contributed by atoms with E-state index in [-0.39, 0.29) is 22.3 Å². The van der Waals surface area contributed by atoms with Crippen molar-refractivity contribution in [3.63, 3.8) is 0 Å². The molecule has 0 bridgehead atoms. The monoisotopic (exact) mass is 519 g/mol. The van der Waals surface area contributed by atoms with Gasteiger partial charge in [-0.25, -0.2) is 14.6 Å². The second kappa shape index (κ2) is 9.42. The van der Waals surface area contributed by atoms with Crippen molar-refractivity contribution in [1.82, 2.24) is 19.5 Å². The molecule has 0 spiro atoms. The number of aromatic nitrogens is 4. The van der Waals surface area contributed by atoms with Gasteiger partial charge in [-0.2, -0.15) is 14.9 Å². The van der Waals surface area contributed by atoms with Gasteiger partial charge >= 0.3 is 12.2 Å². The molecule has 2 aromatic heterocycles.